The topological polar surface area (TPSA) is 96.0 Å². The van der Waals surface area contributed by atoms with Gasteiger partial charge < -0.3 is 18.3 Å². The molecule has 31 heavy (non-hydrogen) atoms. The molecule has 4 rings (SSSR count). The van der Waals surface area contributed by atoms with Crippen LogP contribution in [0.25, 0.3) is 33.1 Å². The molecule has 0 amide bonds. The standard InChI is InChI=1S/C23H17BrO7/c1-12(2)29-22(26)11-28-15-4-5-16-17(10-21(25)30-20(16)9-15)18-8-13-7-14(24)3-6-19(13)31-23(18)27/h3-10,12H,11H2,1-2H3. The molecule has 4 aromatic rings. The molecule has 0 saturated carbocycles. The summed E-state index contributed by atoms with van der Waals surface area (Å²) in [6.07, 6.45) is -0.248. The molecule has 0 aliphatic carbocycles. The van der Waals surface area contributed by atoms with E-state index in [0.29, 0.717) is 27.7 Å². The van der Waals surface area contributed by atoms with E-state index >= 15 is 0 Å². The zero-order valence-corrected chi connectivity index (χ0v) is 18.2. The van der Waals surface area contributed by atoms with E-state index in [1.54, 1.807) is 44.2 Å². The summed E-state index contributed by atoms with van der Waals surface area (Å²) in [6.45, 7) is 3.20. The summed E-state index contributed by atoms with van der Waals surface area (Å²) >= 11 is 3.40. The highest BCUT2D eigenvalue weighted by molar-refractivity contribution is 9.10. The summed E-state index contributed by atoms with van der Waals surface area (Å²) < 4.78 is 22.0. The third-order valence-corrected chi connectivity index (χ3v) is 4.92. The van der Waals surface area contributed by atoms with Crippen molar-refractivity contribution in [2.45, 2.75) is 20.0 Å². The molecular weight excluding hydrogens is 468 g/mol. The van der Waals surface area contributed by atoms with Crippen LogP contribution in [-0.4, -0.2) is 18.7 Å². The molecule has 2 aromatic carbocycles. The van der Waals surface area contributed by atoms with Gasteiger partial charge in [-0.05, 0) is 50.2 Å². The van der Waals surface area contributed by atoms with E-state index in [-0.39, 0.29) is 23.9 Å². The number of carbonyl (C=O) groups excluding carboxylic acids is 1. The summed E-state index contributed by atoms with van der Waals surface area (Å²) in [5.74, 6) is -0.187. The van der Waals surface area contributed by atoms with E-state index in [4.69, 9.17) is 18.3 Å². The summed E-state index contributed by atoms with van der Waals surface area (Å²) in [5.41, 5.74) is 0.0653. The highest BCUT2D eigenvalue weighted by Gasteiger charge is 2.15. The Morgan fingerprint density at radius 3 is 2.55 bits per heavy atom. The molecular formula is C23H17BrO7. The quantitative estimate of drug-likeness (QED) is 0.300. The van der Waals surface area contributed by atoms with Crippen LogP contribution in [0.15, 0.2) is 71.4 Å². The van der Waals surface area contributed by atoms with Crippen LogP contribution in [0.4, 0.5) is 0 Å². The molecule has 0 aliphatic heterocycles. The fourth-order valence-electron chi connectivity index (χ4n) is 3.18. The third kappa shape index (κ3) is 4.54. The average Bonchev–Trinajstić information content (AvgIpc) is 2.70. The van der Waals surface area contributed by atoms with Crippen molar-refractivity contribution in [2.24, 2.45) is 0 Å². The van der Waals surface area contributed by atoms with Crippen molar-refractivity contribution in [1.82, 2.24) is 0 Å². The Hall–Kier alpha value is -3.39. The minimum Gasteiger partial charge on any atom is -0.482 e. The van der Waals surface area contributed by atoms with Gasteiger partial charge in [0.15, 0.2) is 6.61 Å². The molecule has 158 valence electrons. The zero-order valence-electron chi connectivity index (χ0n) is 16.6. The number of hydrogen-bond donors (Lipinski definition) is 0. The van der Waals surface area contributed by atoms with Crippen molar-refractivity contribution in [2.75, 3.05) is 6.61 Å². The average molecular weight is 485 g/mol. The number of esters is 1. The Kier molecular flexibility index (Phi) is 5.65. The Morgan fingerprint density at radius 1 is 0.968 bits per heavy atom. The van der Waals surface area contributed by atoms with Gasteiger partial charge in [-0.1, -0.05) is 15.9 Å². The first-order valence-corrected chi connectivity index (χ1v) is 10.2. The van der Waals surface area contributed by atoms with Gasteiger partial charge in [-0.15, -0.1) is 0 Å². The van der Waals surface area contributed by atoms with Gasteiger partial charge in [-0.25, -0.2) is 14.4 Å². The van der Waals surface area contributed by atoms with Crippen molar-refractivity contribution in [3.8, 4) is 16.9 Å². The summed E-state index contributed by atoms with van der Waals surface area (Å²) in [5, 5.41) is 1.23. The van der Waals surface area contributed by atoms with E-state index in [1.165, 1.54) is 12.1 Å². The smallest absolute Gasteiger partial charge is 0.344 e. The molecule has 0 bridgehead atoms. The molecule has 0 aliphatic rings. The second-order valence-electron chi connectivity index (χ2n) is 7.09. The van der Waals surface area contributed by atoms with E-state index in [2.05, 4.69) is 15.9 Å². The van der Waals surface area contributed by atoms with Gasteiger partial charge in [0.2, 0.25) is 0 Å². The maximum atomic E-state index is 12.6. The van der Waals surface area contributed by atoms with Crippen molar-refractivity contribution in [3.05, 3.63) is 73.8 Å². The van der Waals surface area contributed by atoms with Crippen LogP contribution in [0, 0.1) is 0 Å². The van der Waals surface area contributed by atoms with Crippen LogP contribution in [0.3, 0.4) is 0 Å². The lowest BCUT2D eigenvalue weighted by Gasteiger charge is -2.10. The zero-order chi connectivity index (χ0) is 22.1. The lowest BCUT2D eigenvalue weighted by atomic mass is 10.0. The predicted molar refractivity (Wildman–Crippen MR) is 118 cm³/mol. The molecule has 8 heteroatoms. The van der Waals surface area contributed by atoms with Crippen molar-refractivity contribution in [3.63, 3.8) is 0 Å². The van der Waals surface area contributed by atoms with Gasteiger partial charge >= 0.3 is 17.2 Å². The Morgan fingerprint density at radius 2 is 1.77 bits per heavy atom. The van der Waals surface area contributed by atoms with E-state index in [1.807, 2.05) is 6.07 Å². The van der Waals surface area contributed by atoms with E-state index in [9.17, 15) is 14.4 Å². The minimum atomic E-state index is -0.632. The maximum absolute atomic E-state index is 12.6. The third-order valence-electron chi connectivity index (χ3n) is 4.42. The van der Waals surface area contributed by atoms with Gasteiger partial charge in [0, 0.05) is 32.9 Å². The van der Waals surface area contributed by atoms with Gasteiger partial charge in [0.1, 0.15) is 16.9 Å². The van der Waals surface area contributed by atoms with Crippen molar-refractivity contribution >= 4 is 43.8 Å². The Balaban J connectivity index is 1.76. The first-order chi connectivity index (χ1) is 14.8. The minimum absolute atomic E-state index is 0.214. The van der Waals surface area contributed by atoms with Gasteiger partial charge in [0.05, 0.1) is 11.7 Å². The maximum Gasteiger partial charge on any atom is 0.344 e. The molecule has 0 saturated heterocycles. The number of halogens is 1. The number of hydrogen-bond acceptors (Lipinski definition) is 7. The summed E-state index contributed by atoms with van der Waals surface area (Å²) in [4.78, 5) is 36.5. The largest absolute Gasteiger partial charge is 0.482 e. The van der Waals surface area contributed by atoms with Crippen molar-refractivity contribution in [1.29, 1.82) is 0 Å². The van der Waals surface area contributed by atoms with Crippen LogP contribution in [0.1, 0.15) is 13.8 Å². The Bertz CT molecular complexity index is 1420. The molecule has 0 radical (unpaired) electrons. The fraction of sp³-hybridized carbons (Fsp3) is 0.174. The number of benzene rings is 2. The van der Waals surface area contributed by atoms with Gasteiger partial charge in [-0.3, -0.25) is 0 Å². The summed E-state index contributed by atoms with van der Waals surface area (Å²) in [6, 6.07) is 13.0. The van der Waals surface area contributed by atoms with Crippen LogP contribution in [0.5, 0.6) is 5.75 Å². The lowest BCUT2D eigenvalue weighted by molar-refractivity contribution is -0.149. The normalized spacial score (nSPS) is 11.2. The highest BCUT2D eigenvalue weighted by Crippen LogP contribution is 2.30. The lowest BCUT2D eigenvalue weighted by Crippen LogP contribution is -2.18. The molecule has 0 atom stereocenters. The summed E-state index contributed by atoms with van der Waals surface area (Å²) in [7, 11) is 0. The van der Waals surface area contributed by atoms with E-state index in [0.717, 1.165) is 4.47 Å². The van der Waals surface area contributed by atoms with Crippen LogP contribution in [-0.2, 0) is 9.53 Å². The van der Waals surface area contributed by atoms with Crippen molar-refractivity contribution < 1.29 is 23.1 Å². The van der Waals surface area contributed by atoms with Crippen LogP contribution in [0.2, 0.25) is 0 Å². The number of rotatable bonds is 5. The molecule has 0 fully saturated rings. The molecule has 2 heterocycles. The van der Waals surface area contributed by atoms with Crippen LogP contribution < -0.4 is 16.0 Å². The number of fused-ring (bicyclic) bond motifs is 2. The molecule has 7 nitrogen and oxygen atoms in total. The molecule has 0 unspecified atom stereocenters. The molecule has 0 N–H and O–H groups in total. The number of ether oxygens (including phenoxy) is 2. The second kappa shape index (κ2) is 8.39. The van der Waals surface area contributed by atoms with Gasteiger partial charge in [0.25, 0.3) is 0 Å². The second-order valence-corrected chi connectivity index (χ2v) is 8.01. The SMILES string of the molecule is CC(C)OC(=O)COc1ccc2c(-c3cc4cc(Br)ccc4oc3=O)cc(=O)oc2c1. The fourth-order valence-corrected chi connectivity index (χ4v) is 3.56. The molecule has 2 aromatic heterocycles. The molecule has 0 spiro atoms. The first-order valence-electron chi connectivity index (χ1n) is 9.44. The highest BCUT2D eigenvalue weighted by atomic mass is 79.9. The monoisotopic (exact) mass is 484 g/mol. The van der Waals surface area contributed by atoms with Crippen LogP contribution >= 0.6 is 15.9 Å². The predicted octanol–water partition coefficient (Wildman–Crippen LogP) is 4.66. The van der Waals surface area contributed by atoms with E-state index < -0.39 is 17.2 Å². The number of carbonyl (C=O) groups is 1. The Labute approximate surface area is 184 Å². The first kappa shape index (κ1) is 20.9. The van der Waals surface area contributed by atoms with Gasteiger partial charge in [-0.2, -0.15) is 0 Å².